The van der Waals surface area contributed by atoms with Gasteiger partial charge >= 0.3 is 0 Å². The molecule has 2 rings (SSSR count). The fourth-order valence-electron chi connectivity index (χ4n) is 2.16. The Kier molecular flexibility index (Phi) is 3.01. The molecule has 1 aliphatic rings. The normalized spacial score (nSPS) is 20.5. The summed E-state index contributed by atoms with van der Waals surface area (Å²) in [5.74, 6) is 1.32. The van der Waals surface area contributed by atoms with E-state index in [1.54, 1.807) is 7.11 Å². The summed E-state index contributed by atoms with van der Waals surface area (Å²) in [6, 6.07) is 4.14. The summed E-state index contributed by atoms with van der Waals surface area (Å²) in [6.45, 7) is 4.28. The zero-order valence-corrected chi connectivity index (χ0v) is 9.34. The third-order valence-corrected chi connectivity index (χ3v) is 3.04. The highest BCUT2D eigenvalue weighted by atomic mass is 16.5. The Hall–Kier alpha value is -0.955. The standard InChI is InChI=1S/C12H16BNO/c1-8-7-14-4-3-9-5-12(15-2)11(13)6-10(8)9/h5-6,8,14H,3-4,7H2,1-2H3. The van der Waals surface area contributed by atoms with Gasteiger partial charge in [0.2, 0.25) is 0 Å². The van der Waals surface area contributed by atoms with Crippen LogP contribution in [0.15, 0.2) is 12.1 Å². The van der Waals surface area contributed by atoms with E-state index in [9.17, 15) is 0 Å². The Morgan fingerprint density at radius 3 is 3.00 bits per heavy atom. The zero-order valence-electron chi connectivity index (χ0n) is 9.34. The van der Waals surface area contributed by atoms with E-state index in [2.05, 4.69) is 24.4 Å². The highest BCUT2D eigenvalue weighted by Gasteiger charge is 2.16. The predicted molar refractivity (Wildman–Crippen MR) is 63.4 cm³/mol. The van der Waals surface area contributed by atoms with Crippen molar-refractivity contribution >= 4 is 13.3 Å². The second-order valence-corrected chi connectivity index (χ2v) is 4.15. The van der Waals surface area contributed by atoms with Gasteiger partial charge in [-0.2, -0.15) is 0 Å². The first-order chi connectivity index (χ1) is 7.22. The lowest BCUT2D eigenvalue weighted by Gasteiger charge is -2.15. The van der Waals surface area contributed by atoms with Gasteiger partial charge in [-0.25, -0.2) is 0 Å². The average Bonchev–Trinajstić information content (AvgIpc) is 2.40. The monoisotopic (exact) mass is 201 g/mol. The molecular formula is C12H16BNO. The van der Waals surface area contributed by atoms with Crippen molar-refractivity contribution in [3.63, 3.8) is 0 Å². The lowest BCUT2D eigenvalue weighted by Crippen LogP contribution is -2.18. The molecule has 15 heavy (non-hydrogen) atoms. The maximum absolute atomic E-state index is 5.92. The Morgan fingerprint density at radius 2 is 2.27 bits per heavy atom. The first kappa shape index (κ1) is 10.6. The Morgan fingerprint density at radius 1 is 1.47 bits per heavy atom. The molecule has 78 valence electrons. The molecule has 1 atom stereocenters. The molecule has 2 nitrogen and oxygen atoms in total. The minimum absolute atomic E-state index is 0.524. The number of hydrogen-bond donors (Lipinski definition) is 1. The van der Waals surface area contributed by atoms with Gasteiger partial charge in [-0.1, -0.05) is 18.5 Å². The van der Waals surface area contributed by atoms with Gasteiger partial charge in [0.25, 0.3) is 0 Å². The first-order valence-electron chi connectivity index (χ1n) is 5.39. The van der Waals surface area contributed by atoms with E-state index in [0.29, 0.717) is 5.92 Å². The Balaban J connectivity index is 2.46. The lowest BCUT2D eigenvalue weighted by molar-refractivity contribution is 0.417. The molecule has 1 heterocycles. The minimum atomic E-state index is 0.524. The van der Waals surface area contributed by atoms with Crippen molar-refractivity contribution in [2.75, 3.05) is 20.2 Å². The van der Waals surface area contributed by atoms with Crippen molar-refractivity contribution in [2.45, 2.75) is 19.3 Å². The molecule has 1 N–H and O–H groups in total. The van der Waals surface area contributed by atoms with Gasteiger partial charge in [0, 0.05) is 6.54 Å². The molecule has 0 fully saturated rings. The summed E-state index contributed by atoms with van der Waals surface area (Å²) in [7, 11) is 7.59. The summed E-state index contributed by atoms with van der Waals surface area (Å²) in [4.78, 5) is 0. The summed E-state index contributed by atoms with van der Waals surface area (Å²) >= 11 is 0. The van der Waals surface area contributed by atoms with Crippen LogP contribution < -0.4 is 15.5 Å². The van der Waals surface area contributed by atoms with Crippen molar-refractivity contribution in [1.82, 2.24) is 5.32 Å². The van der Waals surface area contributed by atoms with E-state index >= 15 is 0 Å². The van der Waals surface area contributed by atoms with Gasteiger partial charge in [0.1, 0.15) is 13.6 Å². The molecule has 0 amide bonds. The number of methoxy groups -OCH3 is 1. The highest BCUT2D eigenvalue weighted by molar-refractivity contribution is 6.34. The largest absolute Gasteiger partial charge is 0.497 e. The van der Waals surface area contributed by atoms with E-state index in [4.69, 9.17) is 12.6 Å². The van der Waals surface area contributed by atoms with Crippen LogP contribution in [-0.4, -0.2) is 28.0 Å². The summed E-state index contributed by atoms with van der Waals surface area (Å²) in [6.07, 6.45) is 1.05. The smallest absolute Gasteiger partial charge is 0.119 e. The number of fused-ring (bicyclic) bond motifs is 1. The molecule has 0 saturated carbocycles. The zero-order chi connectivity index (χ0) is 10.8. The average molecular weight is 201 g/mol. The molecule has 1 aliphatic heterocycles. The van der Waals surface area contributed by atoms with Crippen molar-refractivity contribution in [1.29, 1.82) is 0 Å². The SMILES string of the molecule is [B]c1cc2c(cc1OC)CCNCC2C. The Labute approximate surface area is 92.4 Å². The van der Waals surface area contributed by atoms with Crippen LogP contribution >= 0.6 is 0 Å². The van der Waals surface area contributed by atoms with Gasteiger partial charge < -0.3 is 10.1 Å². The van der Waals surface area contributed by atoms with Crippen LogP contribution in [0.25, 0.3) is 0 Å². The molecule has 3 heteroatoms. The lowest BCUT2D eigenvalue weighted by atomic mass is 9.86. The maximum atomic E-state index is 5.92. The van der Waals surface area contributed by atoms with Gasteiger partial charge in [-0.15, -0.1) is 0 Å². The minimum Gasteiger partial charge on any atom is -0.497 e. The molecule has 1 aromatic rings. The van der Waals surface area contributed by atoms with Crippen molar-refractivity contribution < 1.29 is 4.74 Å². The van der Waals surface area contributed by atoms with Crippen molar-refractivity contribution in [2.24, 2.45) is 0 Å². The van der Waals surface area contributed by atoms with Crippen LogP contribution in [0.1, 0.15) is 24.0 Å². The van der Waals surface area contributed by atoms with E-state index in [1.807, 2.05) is 0 Å². The molecule has 0 bridgehead atoms. The number of rotatable bonds is 1. The second-order valence-electron chi connectivity index (χ2n) is 4.15. The number of benzene rings is 1. The molecule has 0 saturated heterocycles. The Bertz CT molecular complexity index is 365. The number of hydrogen-bond acceptors (Lipinski definition) is 2. The molecule has 0 aromatic heterocycles. The maximum Gasteiger partial charge on any atom is 0.119 e. The van der Waals surface area contributed by atoms with E-state index < -0.39 is 0 Å². The van der Waals surface area contributed by atoms with Crippen LogP contribution in [0.2, 0.25) is 0 Å². The van der Waals surface area contributed by atoms with Crippen LogP contribution in [0, 0.1) is 0 Å². The third-order valence-electron chi connectivity index (χ3n) is 3.04. The molecule has 2 radical (unpaired) electrons. The predicted octanol–water partition coefficient (Wildman–Crippen LogP) is 0.738. The first-order valence-corrected chi connectivity index (χ1v) is 5.39. The fraction of sp³-hybridized carbons (Fsp3) is 0.500. The quantitative estimate of drug-likeness (QED) is 0.676. The summed E-state index contributed by atoms with van der Waals surface area (Å²) < 4.78 is 5.24. The number of nitrogens with one attached hydrogen (secondary N) is 1. The van der Waals surface area contributed by atoms with Gasteiger partial charge in [-0.05, 0) is 36.1 Å². The summed E-state index contributed by atoms with van der Waals surface area (Å²) in [5, 5.41) is 3.42. The topological polar surface area (TPSA) is 21.3 Å². The molecule has 0 aliphatic carbocycles. The van der Waals surface area contributed by atoms with Crippen LogP contribution in [0.3, 0.4) is 0 Å². The third kappa shape index (κ3) is 2.02. The molecule has 0 spiro atoms. The highest BCUT2D eigenvalue weighted by Crippen LogP contribution is 2.24. The van der Waals surface area contributed by atoms with Crippen molar-refractivity contribution in [3.05, 3.63) is 23.3 Å². The van der Waals surface area contributed by atoms with Gasteiger partial charge in [0.15, 0.2) is 0 Å². The van der Waals surface area contributed by atoms with Crippen molar-refractivity contribution in [3.8, 4) is 5.75 Å². The van der Waals surface area contributed by atoms with Gasteiger partial charge in [0.05, 0.1) is 7.11 Å². The number of ether oxygens (including phenoxy) is 1. The molecule has 1 unspecified atom stereocenters. The molecular weight excluding hydrogens is 185 g/mol. The van der Waals surface area contributed by atoms with Crippen LogP contribution in [0.4, 0.5) is 0 Å². The van der Waals surface area contributed by atoms with E-state index in [-0.39, 0.29) is 0 Å². The van der Waals surface area contributed by atoms with Crippen LogP contribution in [0.5, 0.6) is 5.75 Å². The second kappa shape index (κ2) is 4.27. The van der Waals surface area contributed by atoms with E-state index in [1.165, 1.54) is 11.1 Å². The van der Waals surface area contributed by atoms with E-state index in [0.717, 1.165) is 30.7 Å². The van der Waals surface area contributed by atoms with Gasteiger partial charge in [-0.3, -0.25) is 0 Å². The molecule has 1 aromatic carbocycles. The fourth-order valence-corrected chi connectivity index (χ4v) is 2.16. The summed E-state index contributed by atoms with van der Waals surface area (Å²) in [5.41, 5.74) is 3.46. The van der Waals surface area contributed by atoms with Crippen LogP contribution in [-0.2, 0) is 6.42 Å².